The molecule has 0 bridgehead atoms. The number of hydrogen-bond acceptors (Lipinski definition) is 2. The third-order valence-electron chi connectivity index (χ3n) is 5.52. The Morgan fingerprint density at radius 1 is 0.750 bits per heavy atom. The number of unbranched alkanes of at least 4 members (excludes halogenated alkanes) is 12. The monoisotopic (exact) mass is 421 g/mol. The van der Waals surface area contributed by atoms with Crippen LogP contribution in [0, 0.1) is 0 Å². The van der Waals surface area contributed by atoms with Gasteiger partial charge in [-0.25, -0.2) is 0 Å². The summed E-state index contributed by atoms with van der Waals surface area (Å²) in [5.74, 6) is 0. The van der Waals surface area contributed by atoms with Crippen molar-refractivity contribution in [2.24, 2.45) is 5.73 Å². The normalized spacial score (nSPS) is 11.1. The van der Waals surface area contributed by atoms with Crippen molar-refractivity contribution in [3.05, 3.63) is 29.3 Å². The number of thioether (sulfide) groups is 1. The Bertz CT molecular complexity index is 527. The summed E-state index contributed by atoms with van der Waals surface area (Å²) >= 11 is 6.75. The summed E-state index contributed by atoms with van der Waals surface area (Å²) in [6, 6.07) is 6.72. The van der Waals surface area contributed by atoms with Crippen LogP contribution in [0.5, 0.6) is 0 Å². The first-order chi connectivity index (χ1) is 13.7. The Labute approximate surface area is 184 Å². The minimum absolute atomic E-state index is 0.536. The van der Waals surface area contributed by atoms with Gasteiger partial charge in [0, 0.05) is 4.90 Å². The van der Waals surface area contributed by atoms with E-state index >= 15 is 0 Å². The molecule has 0 saturated heterocycles. The average molecular weight is 422 g/mol. The highest BCUT2D eigenvalue weighted by atomic mass is 32.2. The van der Waals surface area contributed by atoms with Gasteiger partial charge >= 0.3 is 0 Å². The van der Waals surface area contributed by atoms with Gasteiger partial charge in [0.25, 0.3) is 0 Å². The maximum Gasteiger partial charge on any atom is 0.136 e. The molecule has 0 aliphatic heterocycles. The fraction of sp³-hybridized carbons (Fsp3) is 0.720. The van der Waals surface area contributed by atoms with E-state index in [-0.39, 0.29) is 0 Å². The van der Waals surface area contributed by atoms with Gasteiger partial charge in [0.2, 0.25) is 0 Å². The molecule has 28 heavy (non-hydrogen) atoms. The maximum atomic E-state index is 5.84. The number of aryl methyl sites for hydroxylation is 1. The molecule has 0 spiro atoms. The van der Waals surface area contributed by atoms with Crippen molar-refractivity contribution < 1.29 is 0 Å². The molecule has 0 aromatic heterocycles. The second kappa shape index (κ2) is 17.3. The zero-order chi connectivity index (χ0) is 20.5. The van der Waals surface area contributed by atoms with Crippen LogP contribution < -0.4 is 5.73 Å². The molecule has 0 fully saturated rings. The van der Waals surface area contributed by atoms with Gasteiger partial charge in [-0.05, 0) is 42.9 Å². The largest absolute Gasteiger partial charge is 0.384 e. The molecule has 1 aromatic rings. The van der Waals surface area contributed by atoms with E-state index < -0.39 is 0 Å². The highest BCUT2D eigenvalue weighted by Crippen LogP contribution is 2.29. The molecule has 0 atom stereocenters. The topological polar surface area (TPSA) is 26.0 Å². The van der Waals surface area contributed by atoms with Crippen LogP contribution in [-0.4, -0.2) is 4.32 Å². The van der Waals surface area contributed by atoms with Crippen LogP contribution in [0.15, 0.2) is 23.1 Å². The highest BCUT2D eigenvalue weighted by molar-refractivity contribution is 8.23. The number of nitrogens with two attached hydrogens (primary N) is 1. The molecule has 0 heterocycles. The summed E-state index contributed by atoms with van der Waals surface area (Å²) in [6.07, 6.45) is 21.4. The summed E-state index contributed by atoms with van der Waals surface area (Å²) in [6.45, 7) is 4.56. The third-order valence-corrected chi connectivity index (χ3v) is 6.57. The Kier molecular flexibility index (Phi) is 15.8. The van der Waals surface area contributed by atoms with Gasteiger partial charge in [-0.3, -0.25) is 0 Å². The standard InChI is InChI=1S/C25H43NS2/c1-3-5-7-9-11-13-15-18-22-19-17-21-24(28-25(26)27)23(22)20-16-14-12-10-8-6-4-2/h17,19,21H,3-16,18,20H2,1-2H3,(H2,26,27). The molecule has 0 aliphatic rings. The van der Waals surface area contributed by atoms with E-state index in [9.17, 15) is 0 Å². The lowest BCUT2D eigenvalue weighted by Crippen LogP contribution is -2.04. The van der Waals surface area contributed by atoms with E-state index in [0.29, 0.717) is 4.32 Å². The van der Waals surface area contributed by atoms with Crippen molar-refractivity contribution in [3.8, 4) is 0 Å². The molecule has 1 nitrogen and oxygen atoms in total. The van der Waals surface area contributed by atoms with Gasteiger partial charge in [0.05, 0.1) is 0 Å². The first kappa shape index (κ1) is 25.5. The third kappa shape index (κ3) is 12.1. The molecule has 1 rings (SSSR count). The van der Waals surface area contributed by atoms with E-state index in [2.05, 4.69) is 32.0 Å². The van der Waals surface area contributed by atoms with Gasteiger partial charge in [-0.1, -0.05) is 127 Å². The Morgan fingerprint density at radius 3 is 1.79 bits per heavy atom. The molecule has 0 aliphatic carbocycles. The van der Waals surface area contributed by atoms with Gasteiger partial charge < -0.3 is 5.73 Å². The maximum absolute atomic E-state index is 5.84. The number of hydrogen-bond donors (Lipinski definition) is 1. The SMILES string of the molecule is CCCCCCCCCc1cccc(SC(N)=S)c1CCCCCCCCC. The number of benzene rings is 1. The Hall–Kier alpha value is -0.540. The Balaban J connectivity index is 2.51. The number of rotatable bonds is 17. The second-order valence-electron chi connectivity index (χ2n) is 8.06. The summed E-state index contributed by atoms with van der Waals surface area (Å²) in [5, 5.41) is 0. The van der Waals surface area contributed by atoms with Crippen molar-refractivity contribution in [1.82, 2.24) is 0 Å². The van der Waals surface area contributed by atoms with E-state index in [1.165, 1.54) is 119 Å². The van der Waals surface area contributed by atoms with E-state index in [4.69, 9.17) is 18.0 Å². The predicted molar refractivity (Wildman–Crippen MR) is 132 cm³/mol. The first-order valence-electron chi connectivity index (χ1n) is 11.8. The lowest BCUT2D eigenvalue weighted by atomic mass is 9.96. The zero-order valence-corrected chi connectivity index (χ0v) is 20.1. The van der Waals surface area contributed by atoms with Crippen LogP contribution in [0.3, 0.4) is 0 Å². The number of thiocarbonyl (C=S) groups is 1. The molecule has 2 N–H and O–H groups in total. The quantitative estimate of drug-likeness (QED) is 0.155. The van der Waals surface area contributed by atoms with Gasteiger partial charge in [0.15, 0.2) is 0 Å². The van der Waals surface area contributed by atoms with Gasteiger partial charge in [-0.2, -0.15) is 0 Å². The summed E-state index contributed by atoms with van der Waals surface area (Å²) in [4.78, 5) is 1.29. The smallest absolute Gasteiger partial charge is 0.136 e. The summed E-state index contributed by atoms with van der Waals surface area (Å²) in [7, 11) is 0. The molecule has 0 amide bonds. The molecule has 0 unspecified atom stereocenters. The Morgan fingerprint density at radius 2 is 1.25 bits per heavy atom. The zero-order valence-electron chi connectivity index (χ0n) is 18.4. The van der Waals surface area contributed by atoms with Gasteiger partial charge in [-0.15, -0.1) is 0 Å². The lowest BCUT2D eigenvalue weighted by Gasteiger charge is -2.14. The predicted octanol–water partition coefficient (Wildman–Crippen LogP) is 8.61. The fourth-order valence-electron chi connectivity index (χ4n) is 3.86. The summed E-state index contributed by atoms with van der Waals surface area (Å²) in [5.41, 5.74) is 8.88. The van der Waals surface area contributed by atoms with Crippen molar-refractivity contribution in [3.63, 3.8) is 0 Å². The van der Waals surface area contributed by atoms with Crippen LogP contribution in [0.4, 0.5) is 0 Å². The molecular formula is C25H43NS2. The van der Waals surface area contributed by atoms with Crippen LogP contribution in [0.25, 0.3) is 0 Å². The second-order valence-corrected chi connectivity index (χ2v) is 9.84. The molecule has 1 aromatic carbocycles. The van der Waals surface area contributed by atoms with Crippen molar-refractivity contribution in [2.45, 2.75) is 121 Å². The molecular weight excluding hydrogens is 378 g/mol. The van der Waals surface area contributed by atoms with E-state index in [1.807, 2.05) is 0 Å². The molecule has 0 radical (unpaired) electrons. The molecule has 3 heteroatoms. The van der Waals surface area contributed by atoms with Crippen LogP contribution >= 0.6 is 24.0 Å². The molecule has 160 valence electrons. The molecule has 0 saturated carbocycles. The average Bonchev–Trinajstić information content (AvgIpc) is 2.67. The van der Waals surface area contributed by atoms with Gasteiger partial charge in [0.1, 0.15) is 4.32 Å². The summed E-state index contributed by atoms with van der Waals surface area (Å²) < 4.78 is 0.536. The minimum Gasteiger partial charge on any atom is -0.384 e. The van der Waals surface area contributed by atoms with Crippen LogP contribution in [0.2, 0.25) is 0 Å². The highest BCUT2D eigenvalue weighted by Gasteiger charge is 2.10. The van der Waals surface area contributed by atoms with Crippen molar-refractivity contribution in [2.75, 3.05) is 0 Å². The van der Waals surface area contributed by atoms with Crippen molar-refractivity contribution in [1.29, 1.82) is 0 Å². The van der Waals surface area contributed by atoms with Crippen LogP contribution in [-0.2, 0) is 12.8 Å². The van der Waals surface area contributed by atoms with E-state index in [0.717, 1.165) is 0 Å². The first-order valence-corrected chi connectivity index (χ1v) is 13.0. The lowest BCUT2D eigenvalue weighted by molar-refractivity contribution is 0.581. The van der Waals surface area contributed by atoms with Crippen LogP contribution in [0.1, 0.15) is 115 Å². The van der Waals surface area contributed by atoms with E-state index in [1.54, 1.807) is 11.8 Å². The fourth-order valence-corrected chi connectivity index (χ4v) is 4.85. The minimum atomic E-state index is 0.536. The van der Waals surface area contributed by atoms with Crippen molar-refractivity contribution >= 4 is 28.3 Å².